The summed E-state index contributed by atoms with van der Waals surface area (Å²) in [4.78, 5) is 0. The lowest BCUT2D eigenvalue weighted by molar-refractivity contribution is 0.360. The maximum absolute atomic E-state index is 13.1. The van der Waals surface area contributed by atoms with E-state index in [-0.39, 0.29) is 5.82 Å². The van der Waals surface area contributed by atoms with Gasteiger partial charge in [-0.05, 0) is 62.2 Å². The van der Waals surface area contributed by atoms with Gasteiger partial charge in [0.25, 0.3) is 0 Å². The number of hydrogen-bond donors (Lipinski definition) is 2. The Morgan fingerprint density at radius 3 is 3.12 bits per heavy atom. The van der Waals surface area contributed by atoms with Gasteiger partial charge in [-0.3, -0.25) is 0 Å². The Morgan fingerprint density at radius 1 is 1.47 bits per heavy atom. The molecule has 1 aliphatic heterocycles. The number of piperidine rings is 1. The maximum atomic E-state index is 13.1. The SMILES string of the molecule is Fc1ccc(Br)c(CNCC2CCCNC2)c1. The van der Waals surface area contributed by atoms with Gasteiger partial charge in [-0.15, -0.1) is 0 Å². The Labute approximate surface area is 110 Å². The van der Waals surface area contributed by atoms with Gasteiger partial charge in [-0.1, -0.05) is 15.9 Å². The van der Waals surface area contributed by atoms with Gasteiger partial charge in [0.15, 0.2) is 0 Å². The number of hydrogen-bond acceptors (Lipinski definition) is 2. The first kappa shape index (κ1) is 13.0. The van der Waals surface area contributed by atoms with E-state index in [1.807, 2.05) is 0 Å². The molecule has 1 heterocycles. The molecular formula is C13H18BrFN2. The predicted octanol–water partition coefficient (Wildman–Crippen LogP) is 2.68. The lowest BCUT2D eigenvalue weighted by atomic mass is 10.00. The van der Waals surface area contributed by atoms with Crippen LogP contribution in [0.2, 0.25) is 0 Å². The van der Waals surface area contributed by atoms with Gasteiger partial charge in [-0.25, -0.2) is 4.39 Å². The highest BCUT2D eigenvalue weighted by molar-refractivity contribution is 9.10. The van der Waals surface area contributed by atoms with E-state index in [4.69, 9.17) is 0 Å². The molecule has 2 N–H and O–H groups in total. The van der Waals surface area contributed by atoms with E-state index in [1.54, 1.807) is 12.1 Å². The summed E-state index contributed by atoms with van der Waals surface area (Å²) in [5, 5.41) is 6.80. The average Bonchev–Trinajstić information content (AvgIpc) is 2.35. The van der Waals surface area contributed by atoms with Crippen LogP contribution in [0.4, 0.5) is 4.39 Å². The monoisotopic (exact) mass is 300 g/mol. The average molecular weight is 301 g/mol. The second kappa shape index (κ2) is 6.47. The van der Waals surface area contributed by atoms with Gasteiger partial charge < -0.3 is 10.6 Å². The van der Waals surface area contributed by atoms with Crippen LogP contribution in [0.3, 0.4) is 0 Å². The molecule has 1 fully saturated rings. The molecule has 94 valence electrons. The van der Waals surface area contributed by atoms with Crippen LogP contribution in [0.5, 0.6) is 0 Å². The second-order valence-corrected chi connectivity index (χ2v) is 5.43. The zero-order valence-corrected chi connectivity index (χ0v) is 11.4. The number of nitrogens with one attached hydrogen (secondary N) is 2. The van der Waals surface area contributed by atoms with Crippen molar-refractivity contribution >= 4 is 15.9 Å². The smallest absolute Gasteiger partial charge is 0.123 e. The summed E-state index contributed by atoms with van der Waals surface area (Å²) in [7, 11) is 0. The van der Waals surface area contributed by atoms with Crippen molar-refractivity contribution in [3.05, 3.63) is 34.1 Å². The molecular weight excluding hydrogens is 283 g/mol. The standard InChI is InChI=1S/C13H18BrFN2/c14-13-4-3-12(15)6-11(13)9-17-8-10-2-1-5-16-7-10/h3-4,6,10,16-17H,1-2,5,7-9H2. The first-order valence-electron chi connectivity index (χ1n) is 6.11. The van der Waals surface area contributed by atoms with Crippen molar-refractivity contribution in [1.82, 2.24) is 10.6 Å². The van der Waals surface area contributed by atoms with Gasteiger partial charge in [-0.2, -0.15) is 0 Å². The molecule has 0 spiro atoms. The fraction of sp³-hybridized carbons (Fsp3) is 0.538. The minimum Gasteiger partial charge on any atom is -0.316 e. The quantitative estimate of drug-likeness (QED) is 0.893. The molecule has 1 atom stereocenters. The fourth-order valence-corrected chi connectivity index (χ4v) is 2.57. The summed E-state index contributed by atoms with van der Waals surface area (Å²) < 4.78 is 14.0. The van der Waals surface area contributed by atoms with Crippen molar-refractivity contribution in [3.8, 4) is 0 Å². The van der Waals surface area contributed by atoms with Crippen LogP contribution in [0, 0.1) is 11.7 Å². The first-order valence-corrected chi connectivity index (χ1v) is 6.90. The van der Waals surface area contributed by atoms with Crippen molar-refractivity contribution in [2.75, 3.05) is 19.6 Å². The minimum atomic E-state index is -0.177. The molecule has 1 aromatic carbocycles. The Kier molecular flexibility index (Phi) is 4.95. The molecule has 1 aliphatic rings. The number of halogens is 2. The molecule has 0 saturated carbocycles. The van der Waals surface area contributed by atoms with E-state index < -0.39 is 0 Å². The number of benzene rings is 1. The zero-order chi connectivity index (χ0) is 12.1. The normalized spacial score (nSPS) is 20.5. The summed E-state index contributed by atoms with van der Waals surface area (Å²) in [5.74, 6) is 0.528. The van der Waals surface area contributed by atoms with E-state index in [0.29, 0.717) is 5.92 Å². The second-order valence-electron chi connectivity index (χ2n) is 4.58. The van der Waals surface area contributed by atoms with Crippen LogP contribution < -0.4 is 10.6 Å². The third kappa shape index (κ3) is 4.05. The third-order valence-electron chi connectivity index (χ3n) is 3.16. The van der Waals surface area contributed by atoms with Crippen molar-refractivity contribution in [2.45, 2.75) is 19.4 Å². The highest BCUT2D eigenvalue weighted by atomic mass is 79.9. The molecule has 0 amide bonds. The molecule has 1 saturated heterocycles. The summed E-state index contributed by atoms with van der Waals surface area (Å²) in [6.45, 7) is 3.95. The van der Waals surface area contributed by atoms with Crippen molar-refractivity contribution in [3.63, 3.8) is 0 Å². The lowest BCUT2D eigenvalue weighted by Crippen LogP contribution is -2.35. The third-order valence-corrected chi connectivity index (χ3v) is 3.93. The first-order chi connectivity index (χ1) is 8.25. The van der Waals surface area contributed by atoms with E-state index in [0.717, 1.165) is 36.2 Å². The molecule has 0 radical (unpaired) electrons. The van der Waals surface area contributed by atoms with Crippen LogP contribution in [0.25, 0.3) is 0 Å². The molecule has 0 bridgehead atoms. The van der Waals surface area contributed by atoms with E-state index >= 15 is 0 Å². The summed E-state index contributed by atoms with van der Waals surface area (Å²) >= 11 is 3.44. The Bertz CT molecular complexity index is 364. The number of rotatable bonds is 4. The van der Waals surface area contributed by atoms with Gasteiger partial charge in [0.2, 0.25) is 0 Å². The van der Waals surface area contributed by atoms with Crippen LogP contribution in [0.1, 0.15) is 18.4 Å². The molecule has 1 aromatic rings. The molecule has 0 aromatic heterocycles. The van der Waals surface area contributed by atoms with Crippen LogP contribution in [0.15, 0.2) is 22.7 Å². The molecule has 4 heteroatoms. The van der Waals surface area contributed by atoms with Crippen LogP contribution >= 0.6 is 15.9 Å². The van der Waals surface area contributed by atoms with Gasteiger partial charge in [0.1, 0.15) is 5.82 Å². The van der Waals surface area contributed by atoms with Gasteiger partial charge >= 0.3 is 0 Å². The Balaban J connectivity index is 1.79. The van der Waals surface area contributed by atoms with Crippen molar-refractivity contribution in [2.24, 2.45) is 5.92 Å². The summed E-state index contributed by atoms with van der Waals surface area (Å²) in [6, 6.07) is 4.81. The van der Waals surface area contributed by atoms with Crippen molar-refractivity contribution < 1.29 is 4.39 Å². The summed E-state index contributed by atoms with van der Waals surface area (Å²) in [6.07, 6.45) is 2.54. The maximum Gasteiger partial charge on any atom is 0.123 e. The van der Waals surface area contributed by atoms with Crippen LogP contribution in [-0.2, 0) is 6.54 Å². The van der Waals surface area contributed by atoms with E-state index in [9.17, 15) is 4.39 Å². The zero-order valence-electron chi connectivity index (χ0n) is 9.81. The Hall–Kier alpha value is -0.450. The molecule has 17 heavy (non-hydrogen) atoms. The van der Waals surface area contributed by atoms with E-state index in [2.05, 4.69) is 26.6 Å². The topological polar surface area (TPSA) is 24.1 Å². The lowest BCUT2D eigenvalue weighted by Gasteiger charge is -2.23. The predicted molar refractivity (Wildman–Crippen MR) is 71.4 cm³/mol. The Morgan fingerprint density at radius 2 is 2.35 bits per heavy atom. The van der Waals surface area contributed by atoms with Crippen molar-refractivity contribution in [1.29, 1.82) is 0 Å². The minimum absolute atomic E-state index is 0.177. The molecule has 2 rings (SSSR count). The molecule has 1 unspecified atom stereocenters. The highest BCUT2D eigenvalue weighted by Gasteiger charge is 2.12. The largest absolute Gasteiger partial charge is 0.316 e. The molecule has 2 nitrogen and oxygen atoms in total. The van der Waals surface area contributed by atoms with E-state index in [1.165, 1.54) is 18.9 Å². The summed E-state index contributed by atoms with van der Waals surface area (Å²) in [5.41, 5.74) is 0.980. The molecule has 0 aliphatic carbocycles. The highest BCUT2D eigenvalue weighted by Crippen LogP contribution is 2.17. The van der Waals surface area contributed by atoms with Gasteiger partial charge in [0, 0.05) is 11.0 Å². The fourth-order valence-electron chi connectivity index (χ4n) is 2.19. The van der Waals surface area contributed by atoms with Gasteiger partial charge in [0.05, 0.1) is 0 Å². The van der Waals surface area contributed by atoms with Crippen LogP contribution in [-0.4, -0.2) is 19.6 Å².